The molecule has 128 valence electrons. The summed E-state index contributed by atoms with van der Waals surface area (Å²) < 4.78 is 64.6. The van der Waals surface area contributed by atoms with Crippen molar-refractivity contribution in [2.45, 2.75) is 16.2 Å². The first-order valence-electron chi connectivity index (χ1n) is 6.21. The summed E-state index contributed by atoms with van der Waals surface area (Å²) in [5, 5.41) is 0. The number of pyridine rings is 1. The molecule has 24 heavy (non-hydrogen) atoms. The highest BCUT2D eigenvalue weighted by Crippen LogP contribution is 2.26. The number of hydrazine groups is 1. The number of aromatic nitrogens is 1. The van der Waals surface area contributed by atoms with Gasteiger partial charge in [0.2, 0.25) is 9.84 Å². The van der Waals surface area contributed by atoms with E-state index in [1.165, 1.54) is 0 Å². The first-order valence-corrected chi connectivity index (χ1v) is 7.70. The number of nitrogens with two attached hydrogens (primary N) is 1. The second-order valence-electron chi connectivity index (χ2n) is 4.38. The van der Waals surface area contributed by atoms with Crippen LogP contribution >= 0.6 is 0 Å². The quantitative estimate of drug-likeness (QED) is 0.484. The molecule has 0 unspecified atom stereocenters. The van der Waals surface area contributed by atoms with Gasteiger partial charge in [-0.1, -0.05) is 0 Å². The van der Waals surface area contributed by atoms with Crippen molar-refractivity contribution in [2.75, 3.05) is 0 Å². The van der Waals surface area contributed by atoms with Crippen molar-refractivity contribution in [2.24, 2.45) is 5.84 Å². The first-order chi connectivity index (χ1) is 11.1. The minimum atomic E-state index is -4.87. The van der Waals surface area contributed by atoms with Gasteiger partial charge in [0.05, 0.1) is 9.79 Å². The maximum atomic E-state index is 12.4. The van der Waals surface area contributed by atoms with Crippen LogP contribution in [0.2, 0.25) is 0 Å². The van der Waals surface area contributed by atoms with Crippen LogP contribution in [0.1, 0.15) is 10.5 Å². The Kier molecular flexibility index (Phi) is 4.76. The highest BCUT2D eigenvalue weighted by Gasteiger charge is 2.31. The summed E-state index contributed by atoms with van der Waals surface area (Å²) in [5.41, 5.74) is 1.75. The van der Waals surface area contributed by atoms with E-state index in [9.17, 15) is 26.4 Å². The third kappa shape index (κ3) is 4.00. The lowest BCUT2D eigenvalue weighted by Crippen LogP contribution is -2.30. The summed E-state index contributed by atoms with van der Waals surface area (Å²) >= 11 is 0. The van der Waals surface area contributed by atoms with Crippen LogP contribution in [-0.4, -0.2) is 25.7 Å². The molecule has 1 heterocycles. The molecule has 3 N–H and O–H groups in total. The maximum absolute atomic E-state index is 12.4. The van der Waals surface area contributed by atoms with Gasteiger partial charge < -0.3 is 4.74 Å². The Morgan fingerprint density at radius 2 is 1.67 bits per heavy atom. The van der Waals surface area contributed by atoms with Gasteiger partial charge in [0.15, 0.2) is 0 Å². The number of carbonyl (C=O) groups is 1. The molecular weight excluding hydrogens is 351 g/mol. The Hall–Kier alpha value is -2.66. The molecule has 11 heteroatoms. The van der Waals surface area contributed by atoms with Gasteiger partial charge >= 0.3 is 6.36 Å². The molecule has 0 atom stereocenters. The molecule has 0 aliphatic heterocycles. The number of nitrogens with one attached hydrogen (secondary N) is 1. The molecule has 0 saturated carbocycles. The average Bonchev–Trinajstić information content (AvgIpc) is 2.53. The molecule has 7 nitrogen and oxygen atoms in total. The molecule has 0 radical (unpaired) electrons. The topological polar surface area (TPSA) is 111 Å². The van der Waals surface area contributed by atoms with E-state index >= 15 is 0 Å². The SMILES string of the molecule is NNC(=O)c1ccc(S(=O)(=O)c2ccc(OC(F)(F)F)cc2)cn1. The molecule has 2 aromatic rings. The minimum absolute atomic E-state index is 0.0922. The molecule has 2 rings (SSSR count). The fraction of sp³-hybridized carbons (Fsp3) is 0.0769. The number of hydrogen-bond donors (Lipinski definition) is 2. The van der Waals surface area contributed by atoms with E-state index in [1.807, 2.05) is 5.43 Å². The van der Waals surface area contributed by atoms with Crippen LogP contribution in [0.25, 0.3) is 0 Å². The van der Waals surface area contributed by atoms with Crippen molar-refractivity contribution in [1.82, 2.24) is 10.4 Å². The van der Waals surface area contributed by atoms with E-state index in [0.29, 0.717) is 0 Å². The zero-order chi connectivity index (χ0) is 18.0. The van der Waals surface area contributed by atoms with Crippen LogP contribution in [0.15, 0.2) is 52.4 Å². The largest absolute Gasteiger partial charge is 0.573 e. The number of carbonyl (C=O) groups excluding carboxylic acids is 1. The fourth-order valence-electron chi connectivity index (χ4n) is 1.70. The van der Waals surface area contributed by atoms with Crippen molar-refractivity contribution in [1.29, 1.82) is 0 Å². The number of amides is 1. The molecule has 0 fully saturated rings. The highest BCUT2D eigenvalue weighted by atomic mass is 32.2. The summed E-state index contributed by atoms with van der Waals surface area (Å²) in [4.78, 5) is 14.4. The van der Waals surface area contributed by atoms with Crippen molar-refractivity contribution < 1.29 is 31.1 Å². The average molecular weight is 361 g/mol. The minimum Gasteiger partial charge on any atom is -0.406 e. The van der Waals surface area contributed by atoms with E-state index in [1.54, 1.807) is 0 Å². The smallest absolute Gasteiger partial charge is 0.406 e. The zero-order valence-corrected chi connectivity index (χ0v) is 12.6. The summed E-state index contributed by atoms with van der Waals surface area (Å²) in [7, 11) is -4.01. The third-order valence-corrected chi connectivity index (χ3v) is 4.53. The van der Waals surface area contributed by atoms with Crippen molar-refractivity contribution in [3.05, 3.63) is 48.3 Å². The van der Waals surface area contributed by atoms with Gasteiger partial charge in [0.1, 0.15) is 11.4 Å². The summed E-state index contributed by atoms with van der Waals surface area (Å²) in [6.07, 6.45) is -3.93. The van der Waals surface area contributed by atoms with Gasteiger partial charge in [-0.15, -0.1) is 13.2 Å². The Morgan fingerprint density at radius 3 is 2.12 bits per heavy atom. The van der Waals surface area contributed by atoms with Crippen LogP contribution in [0.3, 0.4) is 0 Å². The molecule has 0 bridgehead atoms. The van der Waals surface area contributed by atoms with E-state index < -0.39 is 27.9 Å². The van der Waals surface area contributed by atoms with Gasteiger partial charge in [-0.3, -0.25) is 10.2 Å². The Morgan fingerprint density at radius 1 is 1.08 bits per heavy atom. The molecule has 0 spiro atoms. The predicted molar refractivity (Wildman–Crippen MR) is 74.5 cm³/mol. The Balaban J connectivity index is 2.28. The van der Waals surface area contributed by atoms with E-state index in [-0.39, 0.29) is 15.5 Å². The lowest BCUT2D eigenvalue weighted by atomic mass is 10.3. The van der Waals surface area contributed by atoms with Crippen LogP contribution in [0.4, 0.5) is 13.2 Å². The summed E-state index contributed by atoms with van der Waals surface area (Å²) in [6, 6.07) is 5.98. The van der Waals surface area contributed by atoms with Crippen LogP contribution in [0.5, 0.6) is 5.75 Å². The van der Waals surface area contributed by atoms with Crippen LogP contribution < -0.4 is 16.0 Å². The van der Waals surface area contributed by atoms with Gasteiger partial charge in [-0.25, -0.2) is 19.2 Å². The summed E-state index contributed by atoms with van der Waals surface area (Å²) in [5.74, 6) is 3.68. The number of sulfone groups is 1. The number of hydrogen-bond acceptors (Lipinski definition) is 6. The number of nitrogens with zero attached hydrogens (tertiary/aromatic N) is 1. The van der Waals surface area contributed by atoms with Gasteiger partial charge in [-0.2, -0.15) is 0 Å². The normalized spacial score (nSPS) is 11.8. The Labute approximate surface area is 134 Å². The second kappa shape index (κ2) is 6.45. The van der Waals surface area contributed by atoms with Crippen molar-refractivity contribution in [3.63, 3.8) is 0 Å². The molecule has 0 aliphatic rings. The van der Waals surface area contributed by atoms with Crippen LogP contribution in [-0.2, 0) is 9.84 Å². The number of rotatable bonds is 4. The fourth-order valence-corrected chi connectivity index (χ4v) is 2.91. The number of nitrogen functional groups attached to an aromatic ring is 1. The first kappa shape index (κ1) is 17.7. The van der Waals surface area contributed by atoms with Gasteiger partial charge in [-0.05, 0) is 36.4 Å². The molecule has 0 aliphatic carbocycles. The number of alkyl halides is 3. The maximum Gasteiger partial charge on any atom is 0.573 e. The molecule has 1 amide bonds. The molecule has 1 aromatic heterocycles. The molecule has 1 aromatic carbocycles. The number of halogens is 3. The number of ether oxygens (including phenoxy) is 1. The van der Waals surface area contributed by atoms with E-state index in [4.69, 9.17) is 5.84 Å². The lowest BCUT2D eigenvalue weighted by molar-refractivity contribution is -0.274. The lowest BCUT2D eigenvalue weighted by Gasteiger charge is -2.09. The van der Waals surface area contributed by atoms with Crippen LogP contribution in [0, 0.1) is 0 Å². The van der Waals surface area contributed by atoms with Gasteiger partial charge in [0, 0.05) is 6.20 Å². The zero-order valence-electron chi connectivity index (χ0n) is 11.7. The van der Waals surface area contributed by atoms with Crippen molar-refractivity contribution in [3.8, 4) is 5.75 Å². The summed E-state index contributed by atoms with van der Waals surface area (Å²) in [6.45, 7) is 0. The molecular formula is C13H10F3N3O4S. The highest BCUT2D eigenvalue weighted by molar-refractivity contribution is 7.91. The second-order valence-corrected chi connectivity index (χ2v) is 6.32. The Bertz CT molecular complexity index is 834. The standard InChI is InChI=1S/C13H10F3N3O4S/c14-13(15,16)23-8-1-3-9(4-2-8)24(21,22)10-5-6-11(18-7-10)12(20)19-17/h1-7H,17H2,(H,19,20). The molecule has 0 saturated heterocycles. The monoisotopic (exact) mass is 361 g/mol. The van der Waals surface area contributed by atoms with E-state index in [2.05, 4.69) is 9.72 Å². The van der Waals surface area contributed by atoms with Gasteiger partial charge in [0.25, 0.3) is 5.91 Å². The number of benzene rings is 1. The predicted octanol–water partition coefficient (Wildman–Crippen LogP) is 1.42. The van der Waals surface area contributed by atoms with E-state index in [0.717, 1.165) is 42.6 Å². The third-order valence-electron chi connectivity index (χ3n) is 2.78. The van der Waals surface area contributed by atoms with Crippen molar-refractivity contribution >= 4 is 15.7 Å².